The molecule has 18 nitrogen and oxygen atoms in total. The van der Waals surface area contributed by atoms with Crippen LogP contribution < -0.4 is 26.2 Å². The van der Waals surface area contributed by atoms with Gasteiger partial charge in [-0.1, -0.05) is 5.16 Å². The Labute approximate surface area is 254 Å². The normalized spacial score (nSPS) is 17.3. The van der Waals surface area contributed by atoms with Crippen LogP contribution in [0.5, 0.6) is 5.75 Å². The summed E-state index contributed by atoms with van der Waals surface area (Å²) in [6.07, 6.45) is 1.01. The Morgan fingerprint density at radius 3 is 2.66 bits per heavy atom. The summed E-state index contributed by atoms with van der Waals surface area (Å²) in [7, 11) is -3.12. The number of nitrogens with two attached hydrogens (primary N) is 2. The average molecular weight is 656 g/mol. The molecule has 3 heterocycles. The first kappa shape index (κ1) is 32.5. The Kier molecular flexibility index (Phi) is 9.39. The lowest BCUT2D eigenvalue weighted by molar-refractivity contribution is -0.751. The van der Waals surface area contributed by atoms with Crippen LogP contribution in [-0.2, 0) is 47.5 Å². The van der Waals surface area contributed by atoms with Crippen LogP contribution in [0.4, 0.5) is 5.13 Å². The van der Waals surface area contributed by atoms with Crippen LogP contribution in [0, 0.1) is 0 Å². The number of β-lactam (4-membered cyclic amide) rings is 1. The van der Waals surface area contributed by atoms with E-state index < -0.39 is 58.2 Å². The Hall–Kier alpha value is -4.37. The number of aryl methyl sites for hydroxylation is 2. The number of carboxylic acid groups (broad SMARTS) is 1. The molecule has 20 heteroatoms. The minimum absolute atomic E-state index is 0.0621. The molecular formula is C24H31N8O10S2+. The highest BCUT2D eigenvalue weighted by molar-refractivity contribution is 7.80. The summed E-state index contributed by atoms with van der Waals surface area (Å²) in [6, 6.07) is 3.92. The first-order chi connectivity index (χ1) is 20.6. The molecule has 1 aliphatic heterocycles. The van der Waals surface area contributed by atoms with Crippen LogP contribution in [0.25, 0.3) is 10.9 Å². The number of hydroxylamine groups is 2. The van der Waals surface area contributed by atoms with Gasteiger partial charge in [0.15, 0.2) is 17.9 Å². The maximum absolute atomic E-state index is 13.2. The maximum Gasteiger partial charge on any atom is 0.418 e. The van der Waals surface area contributed by atoms with Gasteiger partial charge in [0.1, 0.15) is 29.6 Å². The van der Waals surface area contributed by atoms with Crippen molar-refractivity contribution >= 4 is 61.3 Å². The Bertz CT molecular complexity index is 1720. The van der Waals surface area contributed by atoms with Gasteiger partial charge >= 0.3 is 16.4 Å². The second kappa shape index (κ2) is 12.7. The molecule has 238 valence electrons. The van der Waals surface area contributed by atoms with Gasteiger partial charge in [-0.2, -0.15) is 18.2 Å². The lowest BCUT2D eigenvalue weighted by atomic mass is 9.84. The highest BCUT2D eigenvalue weighted by Crippen LogP contribution is 2.33. The van der Waals surface area contributed by atoms with Gasteiger partial charge in [0.25, 0.3) is 17.9 Å². The number of ether oxygens (including phenoxy) is 1. The molecule has 7 N–H and O–H groups in total. The Morgan fingerprint density at radius 2 is 2.07 bits per heavy atom. The molecule has 2 amide bonds. The number of nitrogens with one attached hydrogen (secondary N) is 1. The van der Waals surface area contributed by atoms with Crippen molar-refractivity contribution in [1.82, 2.24) is 20.0 Å². The van der Waals surface area contributed by atoms with E-state index in [9.17, 15) is 27.9 Å². The molecule has 1 aromatic carbocycles. The summed E-state index contributed by atoms with van der Waals surface area (Å²) in [5.74, 6) is -3.09. The predicted molar refractivity (Wildman–Crippen MR) is 153 cm³/mol. The number of benzene rings is 1. The van der Waals surface area contributed by atoms with Crippen molar-refractivity contribution in [2.24, 2.45) is 17.9 Å². The summed E-state index contributed by atoms with van der Waals surface area (Å²) in [5, 5.41) is 18.5. The van der Waals surface area contributed by atoms with Gasteiger partial charge in [0.2, 0.25) is 6.20 Å². The number of oxime groups is 1. The van der Waals surface area contributed by atoms with Crippen LogP contribution >= 0.6 is 11.3 Å². The summed E-state index contributed by atoms with van der Waals surface area (Å²) >= 11 is 0.962. The molecular weight excluding hydrogens is 624 g/mol. The van der Waals surface area contributed by atoms with Gasteiger partial charge in [-0.05, 0) is 45.0 Å². The molecule has 3 aromatic rings. The molecule has 0 spiro atoms. The van der Waals surface area contributed by atoms with Crippen molar-refractivity contribution in [3.63, 3.8) is 0 Å². The molecule has 2 aromatic heterocycles. The first-order valence-corrected chi connectivity index (χ1v) is 15.2. The molecule has 1 aliphatic rings. The number of nitrogens with zero attached hydrogens (tertiary/aromatic N) is 5. The smallest absolute Gasteiger partial charge is 0.418 e. The zero-order valence-electron chi connectivity index (χ0n) is 23.7. The zero-order valence-corrected chi connectivity index (χ0v) is 25.4. The second-order valence-corrected chi connectivity index (χ2v) is 12.0. The van der Waals surface area contributed by atoms with Crippen molar-refractivity contribution in [3.05, 3.63) is 35.5 Å². The van der Waals surface area contributed by atoms with E-state index in [0.717, 1.165) is 28.7 Å². The number of rotatable bonds is 14. The highest BCUT2D eigenvalue weighted by atomic mass is 32.3. The number of hydrogen-bond donors (Lipinski definition) is 5. The molecule has 0 aliphatic carbocycles. The van der Waals surface area contributed by atoms with Crippen molar-refractivity contribution in [1.29, 1.82) is 0 Å². The van der Waals surface area contributed by atoms with Gasteiger partial charge < -0.3 is 31.5 Å². The number of carbonyl (C=O) groups excluding carboxylic acids is 2. The van der Waals surface area contributed by atoms with Gasteiger partial charge in [-0.25, -0.2) is 9.78 Å². The molecule has 0 bridgehead atoms. The molecule has 1 saturated heterocycles. The lowest BCUT2D eigenvalue weighted by Crippen LogP contribution is -2.76. The monoisotopic (exact) mass is 655 g/mol. The minimum atomic E-state index is -5.01. The van der Waals surface area contributed by atoms with E-state index in [1.165, 1.54) is 19.2 Å². The predicted octanol–water partition coefficient (Wildman–Crippen LogP) is -1.05. The Balaban J connectivity index is 1.49. The van der Waals surface area contributed by atoms with Gasteiger partial charge in [-0.3, -0.25) is 14.1 Å². The number of thiazole rings is 1. The SMILES string of the molecule is C[n+]1cc2cc(OCC(O/N=C(\C(=O)NC3C(=O)N(OS(=O)(=O)O)C3(C)C)c3csc(N)n3)C(=O)O)ccc2n1CCCN. The van der Waals surface area contributed by atoms with Crippen molar-refractivity contribution < 1.29 is 51.0 Å². The van der Waals surface area contributed by atoms with E-state index in [1.807, 2.05) is 28.7 Å². The van der Waals surface area contributed by atoms with Crippen LogP contribution in [0.3, 0.4) is 0 Å². The molecule has 0 saturated carbocycles. The fraction of sp³-hybridized carbons (Fsp3) is 0.417. The summed E-state index contributed by atoms with van der Waals surface area (Å²) in [5.41, 5.74) is 10.2. The quantitative estimate of drug-likeness (QED) is 0.0457. The maximum atomic E-state index is 13.2. The van der Waals surface area contributed by atoms with Crippen molar-refractivity contribution in [2.75, 3.05) is 18.9 Å². The fourth-order valence-electron chi connectivity index (χ4n) is 4.38. The number of amides is 2. The number of fused-ring (bicyclic) bond motifs is 1. The molecule has 2 atom stereocenters. The number of hydrogen-bond acceptors (Lipinski definition) is 13. The van der Waals surface area contributed by atoms with E-state index in [-0.39, 0.29) is 10.8 Å². The van der Waals surface area contributed by atoms with E-state index in [4.69, 9.17) is 25.6 Å². The van der Waals surface area contributed by atoms with Crippen LogP contribution in [0.15, 0.2) is 34.9 Å². The molecule has 0 radical (unpaired) electrons. The third kappa shape index (κ3) is 7.05. The van der Waals surface area contributed by atoms with Gasteiger partial charge in [0.05, 0.1) is 17.5 Å². The lowest BCUT2D eigenvalue weighted by Gasteiger charge is -2.50. The van der Waals surface area contributed by atoms with Crippen molar-refractivity contribution in [3.8, 4) is 5.75 Å². The highest BCUT2D eigenvalue weighted by Gasteiger charge is 2.58. The number of anilines is 1. The number of carbonyl (C=O) groups is 3. The number of carboxylic acids is 1. The number of aliphatic carboxylic acids is 1. The van der Waals surface area contributed by atoms with Gasteiger partial charge in [-0.15, -0.1) is 20.3 Å². The zero-order chi connectivity index (χ0) is 32.4. The molecule has 1 fully saturated rings. The number of aromatic nitrogens is 3. The standard InChI is InChI=1S/C24H30N8O10S2/c1-24(2)19(21(34)32(24)42-44(37,38)39)28-20(33)18(15-12-43-23(26)27-15)29-41-17(22(35)36)11-40-14-5-6-16-13(9-14)10-30(3)31(16)8-4-7-25/h5-6,9-10,12,17,19H,4,7-8,11,25H2,1-3H3,(H4-,26,27,28,33,35,36,37,38,39)/p+1/b29-18-. The van der Waals surface area contributed by atoms with E-state index in [0.29, 0.717) is 23.9 Å². The van der Waals surface area contributed by atoms with E-state index in [1.54, 1.807) is 12.1 Å². The fourth-order valence-corrected chi connectivity index (χ4v) is 5.38. The van der Waals surface area contributed by atoms with Gasteiger partial charge in [0, 0.05) is 5.38 Å². The molecule has 2 unspecified atom stereocenters. The Morgan fingerprint density at radius 1 is 1.34 bits per heavy atom. The molecule has 4 rings (SSSR count). The first-order valence-electron chi connectivity index (χ1n) is 12.9. The largest absolute Gasteiger partial charge is 0.489 e. The minimum Gasteiger partial charge on any atom is -0.489 e. The van der Waals surface area contributed by atoms with E-state index >= 15 is 0 Å². The summed E-state index contributed by atoms with van der Waals surface area (Å²) < 4.78 is 45.0. The average Bonchev–Trinajstić information content (AvgIpc) is 3.51. The van der Waals surface area contributed by atoms with Crippen LogP contribution in [0.2, 0.25) is 0 Å². The topological polar surface area (TPSA) is 255 Å². The third-order valence-corrected chi connectivity index (χ3v) is 7.62. The molecule has 44 heavy (non-hydrogen) atoms. The van der Waals surface area contributed by atoms with Crippen LogP contribution in [0.1, 0.15) is 26.0 Å². The van der Waals surface area contributed by atoms with Crippen molar-refractivity contribution in [2.45, 2.75) is 44.5 Å². The summed E-state index contributed by atoms with van der Waals surface area (Å²) in [4.78, 5) is 46.8. The van der Waals surface area contributed by atoms with Crippen LogP contribution in [-0.4, -0.2) is 87.1 Å². The second-order valence-electron chi connectivity index (χ2n) is 10.1. The third-order valence-electron chi connectivity index (χ3n) is 6.61. The number of nitrogen functional groups attached to an aromatic ring is 1. The summed E-state index contributed by atoms with van der Waals surface area (Å²) in [6.45, 7) is 3.49. The van der Waals surface area contributed by atoms with E-state index in [2.05, 4.69) is 19.7 Å².